The van der Waals surface area contributed by atoms with Crippen LogP contribution in [0.1, 0.15) is 10.6 Å². The van der Waals surface area contributed by atoms with E-state index < -0.39 is 0 Å². The largest absolute Gasteiger partial charge is 0.273 e. The Labute approximate surface area is 103 Å². The van der Waals surface area contributed by atoms with Crippen LogP contribution >= 0.6 is 23.8 Å². The quantitative estimate of drug-likeness (QED) is 0.578. The van der Waals surface area contributed by atoms with Gasteiger partial charge in [0.1, 0.15) is 16.3 Å². The molecule has 3 nitrogen and oxygen atoms in total. The minimum Gasteiger partial charge on any atom is -0.273 e. The van der Waals surface area contributed by atoms with E-state index in [1.54, 1.807) is 6.92 Å². The van der Waals surface area contributed by atoms with E-state index in [1.165, 1.54) is 4.57 Å². The molecule has 0 aliphatic rings. The molecule has 16 heavy (non-hydrogen) atoms. The fourth-order valence-corrected chi connectivity index (χ4v) is 2.12. The van der Waals surface area contributed by atoms with Gasteiger partial charge in [0, 0.05) is 5.39 Å². The first kappa shape index (κ1) is 11.2. The Morgan fingerprint density at radius 1 is 1.50 bits per heavy atom. The molecule has 2 aromatic rings. The van der Waals surface area contributed by atoms with Crippen molar-refractivity contribution in [2.45, 2.75) is 6.92 Å². The van der Waals surface area contributed by atoms with Crippen LogP contribution in [0, 0.1) is 11.6 Å². The molecular weight excluding hydrogens is 244 g/mol. The predicted molar refractivity (Wildman–Crippen MR) is 66.7 cm³/mol. The summed E-state index contributed by atoms with van der Waals surface area (Å²) in [6.45, 7) is 1.74. The number of alkyl halides is 1. The highest BCUT2D eigenvalue weighted by Gasteiger charge is 2.10. The highest BCUT2D eigenvalue weighted by molar-refractivity contribution is 7.71. The van der Waals surface area contributed by atoms with Crippen LogP contribution in [0.4, 0.5) is 0 Å². The maximum absolute atomic E-state index is 11.6. The maximum Gasteiger partial charge on any atom is 0.248 e. The summed E-state index contributed by atoms with van der Waals surface area (Å²) in [7, 11) is 0. The Morgan fingerprint density at radius 3 is 2.88 bits per heavy atom. The van der Waals surface area contributed by atoms with E-state index >= 15 is 0 Å². The molecule has 0 N–H and O–H groups in total. The molecule has 0 amide bonds. The zero-order valence-corrected chi connectivity index (χ0v) is 10.2. The molecule has 0 radical (unpaired) electrons. The lowest BCUT2D eigenvalue weighted by Gasteiger charge is -2.09. The van der Waals surface area contributed by atoms with Gasteiger partial charge in [-0.15, -0.1) is 11.6 Å². The Bertz CT molecular complexity index is 621. The van der Waals surface area contributed by atoms with Crippen LogP contribution in [0.3, 0.4) is 0 Å². The molecule has 0 aliphatic heterocycles. The monoisotopic (exact) mass is 252 g/mol. The maximum atomic E-state index is 11.6. The third-order valence-electron chi connectivity index (χ3n) is 2.31. The van der Waals surface area contributed by atoms with Crippen LogP contribution in [-0.2, 0) is 0 Å². The average Bonchev–Trinajstić information content (AvgIpc) is 2.28. The van der Waals surface area contributed by atoms with Gasteiger partial charge in [0.2, 0.25) is 5.91 Å². The Kier molecular flexibility index (Phi) is 3.03. The summed E-state index contributed by atoms with van der Waals surface area (Å²) in [6.07, 6.45) is 0. The first-order chi connectivity index (χ1) is 7.65. The molecule has 0 fully saturated rings. The summed E-state index contributed by atoms with van der Waals surface area (Å²) in [5.74, 6) is 0.214. The zero-order valence-electron chi connectivity index (χ0n) is 8.61. The minimum absolute atomic E-state index is 0.102. The van der Waals surface area contributed by atoms with Crippen molar-refractivity contribution in [2.75, 3.05) is 5.88 Å². The van der Waals surface area contributed by atoms with Crippen LogP contribution in [0.5, 0.6) is 0 Å². The van der Waals surface area contributed by atoms with Crippen LogP contribution < -0.4 is 0 Å². The van der Waals surface area contributed by atoms with E-state index in [4.69, 9.17) is 23.8 Å². The Balaban J connectivity index is 2.86. The number of fused-ring (bicyclic) bond motifs is 1. The molecule has 0 saturated carbocycles. The second kappa shape index (κ2) is 4.31. The number of para-hydroxylation sites is 1. The minimum atomic E-state index is -0.248. The number of rotatable bonds is 1. The number of halogens is 1. The van der Waals surface area contributed by atoms with Gasteiger partial charge in [0.15, 0.2) is 0 Å². The topological polar surface area (TPSA) is 34.9 Å². The van der Waals surface area contributed by atoms with Crippen molar-refractivity contribution in [1.29, 1.82) is 0 Å². The standard InChI is InChI=1S/C11H9ClN2OS/c1-7-13-9-5-3-2-4-8(9)11(16)14(7)10(15)6-12/h2-5H,6H2,1H3. The molecule has 0 atom stereocenters. The molecule has 0 saturated heterocycles. The molecule has 1 heterocycles. The molecule has 2 rings (SSSR count). The third kappa shape index (κ3) is 1.74. The molecule has 82 valence electrons. The van der Waals surface area contributed by atoms with Gasteiger partial charge >= 0.3 is 0 Å². The van der Waals surface area contributed by atoms with Gasteiger partial charge in [-0.25, -0.2) is 4.98 Å². The van der Waals surface area contributed by atoms with E-state index in [2.05, 4.69) is 4.98 Å². The van der Waals surface area contributed by atoms with E-state index in [0.717, 1.165) is 10.9 Å². The zero-order chi connectivity index (χ0) is 11.7. The average molecular weight is 253 g/mol. The van der Waals surface area contributed by atoms with Crippen molar-refractivity contribution in [3.8, 4) is 0 Å². The second-order valence-corrected chi connectivity index (χ2v) is 4.00. The number of carbonyl (C=O) groups is 1. The van der Waals surface area contributed by atoms with Gasteiger partial charge in [-0.3, -0.25) is 9.36 Å². The van der Waals surface area contributed by atoms with Crippen molar-refractivity contribution in [3.05, 3.63) is 34.7 Å². The van der Waals surface area contributed by atoms with Crippen molar-refractivity contribution < 1.29 is 4.79 Å². The molecule has 0 unspecified atom stereocenters. The molecule has 5 heteroatoms. The van der Waals surface area contributed by atoms with Crippen molar-refractivity contribution in [3.63, 3.8) is 0 Å². The molecule has 0 spiro atoms. The lowest BCUT2D eigenvalue weighted by molar-refractivity contribution is 0.0935. The number of aryl methyl sites for hydroxylation is 1. The van der Waals surface area contributed by atoms with Crippen molar-refractivity contribution in [2.24, 2.45) is 0 Å². The number of aromatic nitrogens is 2. The SMILES string of the molecule is Cc1nc2ccccc2c(=S)n1C(=O)CCl. The van der Waals surface area contributed by atoms with Crippen LogP contribution in [0.25, 0.3) is 10.9 Å². The van der Waals surface area contributed by atoms with Crippen LogP contribution in [-0.4, -0.2) is 21.3 Å². The number of nitrogens with zero attached hydrogens (tertiary/aromatic N) is 2. The van der Waals surface area contributed by atoms with Gasteiger partial charge in [0.25, 0.3) is 0 Å². The van der Waals surface area contributed by atoms with E-state index in [1.807, 2.05) is 24.3 Å². The van der Waals surface area contributed by atoms with Gasteiger partial charge in [-0.1, -0.05) is 24.4 Å². The smallest absolute Gasteiger partial charge is 0.248 e. The second-order valence-electron chi connectivity index (χ2n) is 3.34. The predicted octanol–water partition coefficient (Wildman–Crippen LogP) is 2.95. The van der Waals surface area contributed by atoms with Gasteiger partial charge in [-0.2, -0.15) is 0 Å². The first-order valence-corrected chi connectivity index (χ1v) is 5.67. The number of benzene rings is 1. The molecule has 1 aromatic carbocycles. The number of carbonyl (C=O) groups excluding carboxylic acids is 1. The van der Waals surface area contributed by atoms with E-state index in [-0.39, 0.29) is 11.8 Å². The Morgan fingerprint density at radius 2 is 2.19 bits per heavy atom. The summed E-state index contributed by atoms with van der Waals surface area (Å²) in [4.78, 5) is 15.9. The molecule has 0 bridgehead atoms. The lowest BCUT2D eigenvalue weighted by Crippen LogP contribution is -2.17. The van der Waals surface area contributed by atoms with Crippen LogP contribution in [0.15, 0.2) is 24.3 Å². The normalized spacial score (nSPS) is 10.6. The molecular formula is C11H9ClN2OS. The third-order valence-corrected chi connectivity index (χ3v) is 2.94. The summed E-state index contributed by atoms with van der Waals surface area (Å²) in [5, 5.41) is 0.793. The number of hydrogen-bond acceptors (Lipinski definition) is 3. The van der Waals surface area contributed by atoms with Crippen molar-refractivity contribution in [1.82, 2.24) is 9.55 Å². The van der Waals surface area contributed by atoms with Crippen LogP contribution in [0.2, 0.25) is 0 Å². The molecule has 1 aromatic heterocycles. The Hall–Kier alpha value is -1.26. The van der Waals surface area contributed by atoms with Gasteiger partial charge < -0.3 is 0 Å². The van der Waals surface area contributed by atoms with Gasteiger partial charge in [-0.05, 0) is 19.1 Å². The lowest BCUT2D eigenvalue weighted by atomic mass is 10.2. The molecule has 0 aliphatic carbocycles. The van der Waals surface area contributed by atoms with Crippen molar-refractivity contribution >= 4 is 40.6 Å². The summed E-state index contributed by atoms with van der Waals surface area (Å²) >= 11 is 10.8. The highest BCUT2D eigenvalue weighted by Crippen LogP contribution is 2.14. The van der Waals surface area contributed by atoms with Gasteiger partial charge in [0.05, 0.1) is 5.52 Å². The van der Waals surface area contributed by atoms with E-state index in [9.17, 15) is 4.79 Å². The van der Waals surface area contributed by atoms with E-state index in [0.29, 0.717) is 10.5 Å². The fraction of sp³-hybridized carbons (Fsp3) is 0.182. The highest BCUT2D eigenvalue weighted by atomic mass is 35.5. The number of hydrogen-bond donors (Lipinski definition) is 0. The summed E-state index contributed by atoms with van der Waals surface area (Å²) in [5.41, 5.74) is 0.795. The fourth-order valence-electron chi connectivity index (χ4n) is 1.60. The first-order valence-electron chi connectivity index (χ1n) is 4.72. The summed E-state index contributed by atoms with van der Waals surface area (Å²) < 4.78 is 1.85. The summed E-state index contributed by atoms with van der Waals surface area (Å²) in [6, 6.07) is 7.47.